The summed E-state index contributed by atoms with van der Waals surface area (Å²) in [5.74, 6) is -0.117. The Morgan fingerprint density at radius 3 is 2.65 bits per heavy atom. The Kier molecular flexibility index (Phi) is 5.69. The minimum absolute atomic E-state index is 0.117. The van der Waals surface area contributed by atoms with Crippen molar-refractivity contribution in [2.45, 2.75) is 32.2 Å². The van der Waals surface area contributed by atoms with Crippen LogP contribution in [0, 0.1) is 5.82 Å². The highest BCUT2D eigenvalue weighted by atomic mass is 19.1. The van der Waals surface area contributed by atoms with Crippen molar-refractivity contribution < 1.29 is 4.39 Å². The maximum Gasteiger partial charge on any atom is 0.126 e. The molecule has 0 spiro atoms. The second kappa shape index (κ2) is 7.75. The number of halogens is 1. The number of nitrogens with zero attached hydrogens (tertiary/aromatic N) is 1. The average molecular weight is 272 g/mol. The van der Waals surface area contributed by atoms with Crippen LogP contribution in [-0.2, 0) is 12.8 Å². The van der Waals surface area contributed by atoms with E-state index in [1.54, 1.807) is 6.07 Å². The number of pyridine rings is 1. The highest BCUT2D eigenvalue weighted by Crippen LogP contribution is 2.12. The second-order valence-corrected chi connectivity index (χ2v) is 4.91. The lowest BCUT2D eigenvalue weighted by Gasteiger charge is -2.18. The summed E-state index contributed by atoms with van der Waals surface area (Å²) >= 11 is 0. The van der Waals surface area contributed by atoms with Gasteiger partial charge in [0.25, 0.3) is 0 Å². The van der Waals surface area contributed by atoms with Gasteiger partial charge in [-0.2, -0.15) is 0 Å². The first-order chi connectivity index (χ1) is 9.79. The molecule has 3 heteroatoms. The molecule has 2 aromatic rings. The molecule has 2 nitrogen and oxygen atoms in total. The monoisotopic (exact) mass is 272 g/mol. The van der Waals surface area contributed by atoms with Crippen LogP contribution in [0.2, 0.25) is 0 Å². The van der Waals surface area contributed by atoms with Gasteiger partial charge in [-0.15, -0.1) is 0 Å². The number of nitrogens with one attached hydrogen (secondary N) is 1. The third kappa shape index (κ3) is 4.42. The highest BCUT2D eigenvalue weighted by Gasteiger charge is 2.11. The molecule has 1 aromatic heterocycles. The number of hydrogen-bond acceptors (Lipinski definition) is 2. The molecule has 0 fully saturated rings. The molecule has 0 saturated carbocycles. The van der Waals surface area contributed by atoms with Crippen molar-refractivity contribution in [2.24, 2.45) is 0 Å². The van der Waals surface area contributed by atoms with E-state index in [9.17, 15) is 4.39 Å². The molecule has 1 atom stereocenters. The summed E-state index contributed by atoms with van der Waals surface area (Å²) in [5.41, 5.74) is 1.86. The zero-order valence-corrected chi connectivity index (χ0v) is 11.8. The topological polar surface area (TPSA) is 24.9 Å². The molecule has 1 heterocycles. The fourth-order valence-corrected chi connectivity index (χ4v) is 2.36. The molecular formula is C17H21FN2. The van der Waals surface area contributed by atoms with E-state index < -0.39 is 0 Å². The fourth-order valence-electron chi connectivity index (χ4n) is 2.36. The van der Waals surface area contributed by atoms with E-state index in [4.69, 9.17) is 0 Å². The van der Waals surface area contributed by atoms with Gasteiger partial charge in [0, 0.05) is 17.9 Å². The molecule has 1 unspecified atom stereocenters. The third-order valence-corrected chi connectivity index (χ3v) is 3.39. The van der Waals surface area contributed by atoms with Crippen LogP contribution in [0.1, 0.15) is 24.6 Å². The molecule has 0 aliphatic heterocycles. The third-order valence-electron chi connectivity index (χ3n) is 3.39. The van der Waals surface area contributed by atoms with E-state index in [0.29, 0.717) is 6.42 Å². The second-order valence-electron chi connectivity index (χ2n) is 4.91. The van der Waals surface area contributed by atoms with Gasteiger partial charge < -0.3 is 5.32 Å². The van der Waals surface area contributed by atoms with Gasteiger partial charge in [-0.1, -0.05) is 31.2 Å². The minimum Gasteiger partial charge on any atom is -0.314 e. The number of rotatable bonds is 7. The van der Waals surface area contributed by atoms with Crippen molar-refractivity contribution in [3.8, 4) is 0 Å². The van der Waals surface area contributed by atoms with E-state index >= 15 is 0 Å². The zero-order chi connectivity index (χ0) is 14.2. The SMILES string of the molecule is CCNC(CCc1ccccn1)Cc1ccccc1F. The van der Waals surface area contributed by atoms with E-state index in [-0.39, 0.29) is 11.9 Å². The van der Waals surface area contributed by atoms with E-state index in [1.165, 1.54) is 6.07 Å². The van der Waals surface area contributed by atoms with Crippen molar-refractivity contribution in [1.29, 1.82) is 0 Å². The summed E-state index contributed by atoms with van der Waals surface area (Å²) in [6, 6.07) is 13.2. The minimum atomic E-state index is -0.117. The lowest BCUT2D eigenvalue weighted by molar-refractivity contribution is 0.478. The summed E-state index contributed by atoms with van der Waals surface area (Å²) in [4.78, 5) is 4.33. The molecule has 0 aliphatic rings. The average Bonchev–Trinajstić information content (AvgIpc) is 2.48. The number of benzene rings is 1. The number of aromatic nitrogens is 1. The summed E-state index contributed by atoms with van der Waals surface area (Å²) in [5, 5.41) is 3.43. The Balaban J connectivity index is 1.95. The van der Waals surface area contributed by atoms with Crippen molar-refractivity contribution in [1.82, 2.24) is 10.3 Å². The molecule has 1 N–H and O–H groups in total. The fraction of sp³-hybridized carbons (Fsp3) is 0.353. The summed E-state index contributed by atoms with van der Waals surface area (Å²) in [7, 11) is 0. The van der Waals surface area contributed by atoms with Crippen LogP contribution in [0.25, 0.3) is 0 Å². The van der Waals surface area contributed by atoms with E-state index in [0.717, 1.165) is 30.6 Å². The molecule has 0 radical (unpaired) electrons. The summed E-state index contributed by atoms with van der Waals surface area (Å²) in [6.07, 6.45) is 4.40. The Morgan fingerprint density at radius 2 is 1.95 bits per heavy atom. The van der Waals surface area contributed by atoms with Gasteiger partial charge in [-0.05, 0) is 49.6 Å². The van der Waals surface area contributed by atoms with E-state index in [1.807, 2.05) is 36.5 Å². The quantitative estimate of drug-likeness (QED) is 0.836. The highest BCUT2D eigenvalue weighted by molar-refractivity contribution is 5.18. The first-order valence-corrected chi connectivity index (χ1v) is 7.16. The van der Waals surface area contributed by atoms with Gasteiger partial charge in [0.15, 0.2) is 0 Å². The molecular weight excluding hydrogens is 251 g/mol. The molecule has 0 saturated heterocycles. The van der Waals surface area contributed by atoms with Crippen LogP contribution in [0.3, 0.4) is 0 Å². The maximum absolute atomic E-state index is 13.7. The van der Waals surface area contributed by atoms with Gasteiger partial charge in [-0.25, -0.2) is 4.39 Å². The lowest BCUT2D eigenvalue weighted by atomic mass is 10.00. The molecule has 2 rings (SSSR count). The van der Waals surface area contributed by atoms with Crippen LogP contribution in [-0.4, -0.2) is 17.6 Å². The lowest BCUT2D eigenvalue weighted by Crippen LogP contribution is -2.31. The zero-order valence-electron chi connectivity index (χ0n) is 11.8. The number of aryl methyl sites for hydroxylation is 1. The molecule has 0 bridgehead atoms. The van der Waals surface area contributed by atoms with Gasteiger partial charge in [0.05, 0.1) is 0 Å². The summed E-state index contributed by atoms with van der Waals surface area (Å²) in [6.45, 7) is 2.97. The van der Waals surface area contributed by atoms with Crippen molar-refractivity contribution >= 4 is 0 Å². The molecule has 1 aromatic carbocycles. The molecule has 0 aliphatic carbocycles. The van der Waals surface area contributed by atoms with Crippen molar-refractivity contribution in [3.63, 3.8) is 0 Å². The smallest absolute Gasteiger partial charge is 0.126 e. The number of likely N-dealkylation sites (N-methyl/N-ethyl adjacent to an activating group) is 1. The number of hydrogen-bond donors (Lipinski definition) is 1. The molecule has 106 valence electrons. The predicted octanol–water partition coefficient (Wildman–Crippen LogP) is 3.37. The van der Waals surface area contributed by atoms with Crippen LogP contribution in [0.4, 0.5) is 4.39 Å². The Labute approximate surface area is 120 Å². The largest absolute Gasteiger partial charge is 0.314 e. The Morgan fingerprint density at radius 1 is 1.15 bits per heavy atom. The summed E-state index contributed by atoms with van der Waals surface area (Å²) < 4.78 is 13.7. The van der Waals surface area contributed by atoms with Crippen LogP contribution in [0.15, 0.2) is 48.7 Å². The van der Waals surface area contributed by atoms with Gasteiger partial charge in [-0.3, -0.25) is 4.98 Å². The maximum atomic E-state index is 13.7. The van der Waals surface area contributed by atoms with Gasteiger partial charge >= 0.3 is 0 Å². The van der Waals surface area contributed by atoms with Gasteiger partial charge in [0.1, 0.15) is 5.82 Å². The molecule has 0 amide bonds. The van der Waals surface area contributed by atoms with Gasteiger partial charge in [0.2, 0.25) is 0 Å². The van der Waals surface area contributed by atoms with Crippen LogP contribution < -0.4 is 5.32 Å². The molecule has 20 heavy (non-hydrogen) atoms. The van der Waals surface area contributed by atoms with Crippen molar-refractivity contribution in [3.05, 3.63) is 65.7 Å². The standard InChI is InChI=1S/C17H21FN2/c1-2-19-16(11-10-15-8-5-6-12-20-15)13-14-7-3-4-9-17(14)18/h3-9,12,16,19H,2,10-11,13H2,1H3. The van der Waals surface area contributed by atoms with Crippen LogP contribution in [0.5, 0.6) is 0 Å². The first-order valence-electron chi connectivity index (χ1n) is 7.16. The van der Waals surface area contributed by atoms with Crippen LogP contribution >= 0.6 is 0 Å². The first kappa shape index (κ1) is 14.7. The normalized spacial score (nSPS) is 12.3. The Bertz CT molecular complexity index is 513. The predicted molar refractivity (Wildman–Crippen MR) is 80.1 cm³/mol. The Hall–Kier alpha value is -1.74. The van der Waals surface area contributed by atoms with Crippen molar-refractivity contribution in [2.75, 3.05) is 6.54 Å². The van der Waals surface area contributed by atoms with E-state index in [2.05, 4.69) is 17.2 Å².